The molecule has 0 saturated carbocycles. The van der Waals surface area contributed by atoms with Crippen molar-refractivity contribution in [1.29, 1.82) is 0 Å². The fourth-order valence-electron chi connectivity index (χ4n) is 1.13. The quantitative estimate of drug-likeness (QED) is 0.447. The molecule has 0 unspecified atom stereocenters. The normalized spacial score (nSPS) is 46.4. The fourth-order valence-corrected chi connectivity index (χ4v) is 1.49. The molecule has 6 nitrogen and oxygen atoms in total. The van der Waals surface area contributed by atoms with Gasteiger partial charge in [-0.3, -0.25) is 0 Å². The molecule has 0 aliphatic carbocycles. The molecule has 0 aromatic rings. The van der Waals surface area contributed by atoms with Gasteiger partial charge in [0.2, 0.25) is 0 Å². The molecule has 0 bridgehead atoms. The van der Waals surface area contributed by atoms with Gasteiger partial charge in [-0.2, -0.15) is 0 Å². The van der Waals surface area contributed by atoms with Gasteiger partial charge in [-0.25, -0.2) is 0 Å². The summed E-state index contributed by atoms with van der Waals surface area (Å²) in [6, 6.07) is 0. The molecule has 1 rings (SSSR count). The summed E-state index contributed by atoms with van der Waals surface area (Å²) in [7, 11) is 0. The maximum atomic E-state index is 9.33. The number of rotatable bonds is 2. The second-order valence-corrected chi connectivity index (χ2v) is 3.44. The zero-order valence-corrected chi connectivity index (χ0v) is 8.73. The van der Waals surface area contributed by atoms with Crippen LogP contribution in [0, 0.1) is 0 Å². The molecule has 5 atom stereocenters. The number of halogens is 1. The van der Waals surface area contributed by atoms with Crippen LogP contribution in [0.25, 0.3) is 0 Å². The van der Waals surface area contributed by atoms with E-state index < -0.39 is 30.7 Å². The third kappa shape index (κ3) is 2.49. The van der Waals surface area contributed by atoms with Crippen molar-refractivity contribution < 1.29 is 28.2 Å². The van der Waals surface area contributed by atoms with Crippen LogP contribution in [0.5, 0.6) is 0 Å². The molecule has 7 heteroatoms. The van der Waals surface area contributed by atoms with E-state index in [4.69, 9.17) is 14.9 Å². The summed E-state index contributed by atoms with van der Waals surface area (Å²) in [6.45, 7) is 0.0303. The molecule has 0 radical (unpaired) electrons. The van der Waals surface area contributed by atoms with E-state index in [9.17, 15) is 10.2 Å². The zero-order chi connectivity index (χ0) is 10.0. The number of aliphatic hydroxyl groups excluding tert-OH is 4. The minimum Gasteiger partial charge on any atom is -0.387 e. The lowest BCUT2D eigenvalue weighted by molar-refractivity contribution is -0.284. The molecule has 1 aliphatic heterocycles. The zero-order valence-electron chi connectivity index (χ0n) is 6.58. The highest BCUT2D eigenvalue weighted by atomic mass is 127. The van der Waals surface area contributed by atoms with E-state index in [0.717, 1.165) is 0 Å². The Labute approximate surface area is 88.8 Å². The highest BCUT2D eigenvalue weighted by molar-refractivity contribution is 14.1. The van der Waals surface area contributed by atoms with Gasteiger partial charge in [-0.15, -0.1) is 0 Å². The summed E-state index contributed by atoms with van der Waals surface area (Å²) in [5.41, 5.74) is 0. The number of aliphatic hydroxyl groups is 4. The van der Waals surface area contributed by atoms with Gasteiger partial charge in [0, 0.05) is 0 Å². The van der Waals surface area contributed by atoms with E-state index >= 15 is 0 Å². The molecule has 0 amide bonds. The van der Waals surface area contributed by atoms with E-state index in [1.54, 1.807) is 23.0 Å². The van der Waals surface area contributed by atoms with Gasteiger partial charge in [-0.05, 0) is 0 Å². The maximum Gasteiger partial charge on any atom is 0.184 e. The monoisotopic (exact) mass is 306 g/mol. The molecule has 13 heavy (non-hydrogen) atoms. The highest BCUT2D eigenvalue weighted by Gasteiger charge is 2.42. The lowest BCUT2D eigenvalue weighted by atomic mass is 10.00. The van der Waals surface area contributed by atoms with Crippen LogP contribution in [-0.2, 0) is 7.80 Å². The first-order valence-corrected chi connectivity index (χ1v) is 4.57. The molecule has 1 saturated heterocycles. The molecule has 0 aromatic heterocycles. The second-order valence-electron chi connectivity index (χ2n) is 2.81. The Hall–Kier alpha value is 0.490. The number of hydrogen-bond acceptors (Lipinski definition) is 6. The van der Waals surface area contributed by atoms with Crippen molar-refractivity contribution in [1.82, 2.24) is 0 Å². The SMILES string of the molecule is O[C@@H]1[C@@H](O)[C@H](O)O[C@H](COI)[C@H]1O. The summed E-state index contributed by atoms with van der Waals surface area (Å²) in [4.78, 5) is 0. The number of hydrogen-bond donors (Lipinski definition) is 4. The number of ether oxygens (including phenoxy) is 1. The third-order valence-electron chi connectivity index (χ3n) is 1.91. The summed E-state index contributed by atoms with van der Waals surface area (Å²) in [5.74, 6) is 0. The molecule has 1 heterocycles. The lowest BCUT2D eigenvalue weighted by Crippen LogP contribution is -2.58. The molecule has 4 N–H and O–H groups in total. The van der Waals surface area contributed by atoms with Crippen LogP contribution in [-0.4, -0.2) is 57.7 Å². The minimum atomic E-state index is -1.49. The van der Waals surface area contributed by atoms with Crippen molar-refractivity contribution in [2.75, 3.05) is 6.61 Å². The van der Waals surface area contributed by atoms with Gasteiger partial charge in [0.15, 0.2) is 6.29 Å². The van der Waals surface area contributed by atoms with Crippen molar-refractivity contribution in [3.05, 3.63) is 0 Å². The lowest BCUT2D eigenvalue weighted by Gasteiger charge is -2.37. The van der Waals surface area contributed by atoms with Gasteiger partial charge in [0.05, 0.1) is 6.61 Å². The van der Waals surface area contributed by atoms with Crippen LogP contribution < -0.4 is 0 Å². The highest BCUT2D eigenvalue weighted by Crippen LogP contribution is 2.20. The Morgan fingerprint density at radius 1 is 1.08 bits per heavy atom. The molecular formula is C6H11IO6. The standard InChI is InChI=1S/C6H11IO6/c7-12-1-2-3(8)4(9)5(10)6(11)13-2/h2-6,8-11H,1H2/t2-,3-,4+,5-,6-/m1/s1. The first kappa shape index (κ1) is 11.6. The summed E-state index contributed by atoms with van der Waals surface area (Å²) in [5, 5.41) is 36.7. The fraction of sp³-hybridized carbons (Fsp3) is 1.00. The molecular weight excluding hydrogens is 295 g/mol. The van der Waals surface area contributed by atoms with E-state index in [0.29, 0.717) is 0 Å². The predicted octanol–water partition coefficient (Wildman–Crippen LogP) is -1.85. The summed E-state index contributed by atoms with van der Waals surface area (Å²) >= 11 is 1.60. The van der Waals surface area contributed by atoms with Crippen LogP contribution in [0.3, 0.4) is 0 Å². The van der Waals surface area contributed by atoms with Crippen LogP contribution >= 0.6 is 23.0 Å². The smallest absolute Gasteiger partial charge is 0.184 e. The van der Waals surface area contributed by atoms with Gasteiger partial charge in [0.1, 0.15) is 47.4 Å². The first-order valence-electron chi connectivity index (χ1n) is 3.69. The summed E-state index contributed by atoms with van der Waals surface area (Å²) in [6.07, 6.45) is -6.48. The molecule has 1 aliphatic rings. The van der Waals surface area contributed by atoms with E-state index in [1.807, 2.05) is 0 Å². The van der Waals surface area contributed by atoms with Gasteiger partial charge in [-0.1, -0.05) is 0 Å². The Balaban J connectivity index is 2.59. The van der Waals surface area contributed by atoms with Gasteiger partial charge < -0.3 is 28.2 Å². The molecule has 0 aromatic carbocycles. The van der Waals surface area contributed by atoms with E-state index in [2.05, 4.69) is 3.07 Å². The second kappa shape index (κ2) is 4.82. The average Bonchev–Trinajstić information content (AvgIpc) is 2.11. The molecule has 0 spiro atoms. The van der Waals surface area contributed by atoms with Crippen LogP contribution in [0.2, 0.25) is 0 Å². The van der Waals surface area contributed by atoms with Gasteiger partial charge >= 0.3 is 0 Å². The molecule has 1 fully saturated rings. The van der Waals surface area contributed by atoms with Crippen molar-refractivity contribution >= 4 is 23.0 Å². The molecule has 78 valence electrons. The predicted molar refractivity (Wildman–Crippen MR) is 48.9 cm³/mol. The van der Waals surface area contributed by atoms with Crippen LogP contribution in [0.15, 0.2) is 0 Å². The van der Waals surface area contributed by atoms with Gasteiger partial charge in [0.25, 0.3) is 0 Å². The Morgan fingerprint density at radius 3 is 2.23 bits per heavy atom. The Bertz CT molecular complexity index is 167. The summed E-state index contributed by atoms with van der Waals surface area (Å²) < 4.78 is 9.45. The van der Waals surface area contributed by atoms with E-state index in [1.165, 1.54) is 0 Å². The Kier molecular flexibility index (Phi) is 4.29. The largest absolute Gasteiger partial charge is 0.387 e. The van der Waals surface area contributed by atoms with Crippen LogP contribution in [0.4, 0.5) is 0 Å². The maximum absolute atomic E-state index is 9.33. The Morgan fingerprint density at radius 2 is 1.69 bits per heavy atom. The average molecular weight is 306 g/mol. The van der Waals surface area contributed by atoms with E-state index in [-0.39, 0.29) is 6.61 Å². The third-order valence-corrected chi connectivity index (χ3v) is 2.27. The van der Waals surface area contributed by atoms with Crippen molar-refractivity contribution in [2.45, 2.75) is 30.7 Å². The van der Waals surface area contributed by atoms with Crippen molar-refractivity contribution in [2.24, 2.45) is 0 Å². The minimum absolute atomic E-state index is 0.0303. The van der Waals surface area contributed by atoms with Crippen LogP contribution in [0.1, 0.15) is 0 Å². The first-order chi connectivity index (χ1) is 6.07. The topological polar surface area (TPSA) is 99.4 Å². The van der Waals surface area contributed by atoms with Crippen molar-refractivity contribution in [3.8, 4) is 0 Å². The van der Waals surface area contributed by atoms with Crippen molar-refractivity contribution in [3.63, 3.8) is 0 Å².